The van der Waals surface area contributed by atoms with Gasteiger partial charge in [0, 0.05) is 39.2 Å². The van der Waals surface area contributed by atoms with Crippen molar-refractivity contribution in [3.8, 4) is 5.69 Å². The van der Waals surface area contributed by atoms with Gasteiger partial charge in [-0.05, 0) is 62.4 Å². The first-order chi connectivity index (χ1) is 18.6. The van der Waals surface area contributed by atoms with Crippen LogP contribution in [0.2, 0.25) is 0 Å². The Hall–Kier alpha value is -4.29. The van der Waals surface area contributed by atoms with Crippen LogP contribution in [-0.4, -0.2) is 36.6 Å². The molecule has 12 heteroatoms. The molecule has 0 atom stereocenters. The number of anilines is 1. The Balaban J connectivity index is 1.56. The molecule has 0 spiro atoms. The molecule has 1 heterocycles. The second-order valence-corrected chi connectivity index (χ2v) is 11.3. The molecule has 39 heavy (non-hydrogen) atoms. The number of nitrogens with zero attached hydrogens (tertiary/aromatic N) is 4. The third-order valence-electron chi connectivity index (χ3n) is 5.90. The average Bonchev–Trinajstić information content (AvgIpc) is 3.20. The van der Waals surface area contributed by atoms with E-state index in [0.717, 1.165) is 31.4 Å². The first-order valence-electron chi connectivity index (χ1n) is 11.7. The van der Waals surface area contributed by atoms with Crippen molar-refractivity contribution in [1.29, 1.82) is 0 Å². The minimum Gasteiger partial charge on any atom is -0.318 e. The summed E-state index contributed by atoms with van der Waals surface area (Å²) >= 11 is 3.48. The Bertz CT molecular complexity index is 1650. The van der Waals surface area contributed by atoms with Crippen molar-refractivity contribution in [2.24, 2.45) is 5.10 Å². The lowest BCUT2D eigenvalue weighted by molar-refractivity contribution is -0.384. The van der Waals surface area contributed by atoms with Gasteiger partial charge in [-0.25, -0.2) is 13.8 Å². The van der Waals surface area contributed by atoms with E-state index in [2.05, 4.69) is 31.0 Å². The molecule has 0 unspecified atom stereocenters. The fourth-order valence-electron chi connectivity index (χ4n) is 4.05. The van der Waals surface area contributed by atoms with E-state index in [-0.39, 0.29) is 16.3 Å². The number of non-ortho nitro benzene ring substituents is 1. The zero-order chi connectivity index (χ0) is 28.2. The van der Waals surface area contributed by atoms with Crippen LogP contribution in [0.5, 0.6) is 0 Å². The number of aromatic nitrogens is 1. The molecule has 0 saturated heterocycles. The van der Waals surface area contributed by atoms with Gasteiger partial charge in [0.2, 0.25) is 0 Å². The van der Waals surface area contributed by atoms with Gasteiger partial charge in [0.1, 0.15) is 6.54 Å². The standard InChI is InChI=1S/C27H24BrN5O5S/c1-19-15-21(20(2)32(19)25-8-6-7-22(28)16-25)17-29-30-27(34)18-31(23-11-13-24(14-12-23)33(35)36)39(37,38)26-9-4-3-5-10-26/h3-17H,18H2,1-2H3,(H,30,34)/b29-17-. The third-order valence-corrected chi connectivity index (χ3v) is 8.18. The van der Waals surface area contributed by atoms with Gasteiger partial charge in [-0.3, -0.25) is 19.2 Å². The fourth-order valence-corrected chi connectivity index (χ4v) is 5.87. The molecule has 4 aromatic rings. The van der Waals surface area contributed by atoms with Crippen LogP contribution in [0.25, 0.3) is 5.69 Å². The lowest BCUT2D eigenvalue weighted by atomic mass is 10.2. The van der Waals surface area contributed by atoms with Crippen LogP contribution < -0.4 is 9.73 Å². The number of carbonyl (C=O) groups excluding carboxylic acids is 1. The Morgan fingerprint density at radius 2 is 1.74 bits per heavy atom. The number of sulfonamides is 1. The Morgan fingerprint density at radius 3 is 2.38 bits per heavy atom. The van der Waals surface area contributed by atoms with E-state index < -0.39 is 27.4 Å². The Morgan fingerprint density at radius 1 is 1.05 bits per heavy atom. The highest BCUT2D eigenvalue weighted by molar-refractivity contribution is 9.10. The smallest absolute Gasteiger partial charge is 0.269 e. The minimum atomic E-state index is -4.16. The lowest BCUT2D eigenvalue weighted by Crippen LogP contribution is -2.39. The maximum Gasteiger partial charge on any atom is 0.269 e. The summed E-state index contributed by atoms with van der Waals surface area (Å²) in [7, 11) is -4.16. The molecular weight excluding hydrogens is 586 g/mol. The molecule has 0 saturated carbocycles. The van der Waals surface area contributed by atoms with Gasteiger partial charge in [0.15, 0.2) is 0 Å². The molecule has 0 fully saturated rings. The average molecular weight is 610 g/mol. The van der Waals surface area contributed by atoms with Gasteiger partial charge in [-0.15, -0.1) is 0 Å². The highest BCUT2D eigenvalue weighted by atomic mass is 79.9. The van der Waals surface area contributed by atoms with E-state index in [4.69, 9.17) is 0 Å². The number of aryl methyl sites for hydroxylation is 1. The SMILES string of the molecule is Cc1cc(/C=N\NC(=O)CN(c2ccc([N+](=O)[O-])cc2)S(=O)(=O)c2ccccc2)c(C)n1-c1cccc(Br)c1. The van der Waals surface area contributed by atoms with E-state index in [9.17, 15) is 23.3 Å². The number of nitro groups is 1. The third kappa shape index (κ3) is 6.24. The van der Waals surface area contributed by atoms with E-state index >= 15 is 0 Å². The predicted octanol–water partition coefficient (Wildman–Crippen LogP) is 5.11. The first-order valence-corrected chi connectivity index (χ1v) is 13.9. The molecule has 0 bridgehead atoms. The highest BCUT2D eigenvalue weighted by Gasteiger charge is 2.27. The van der Waals surface area contributed by atoms with Gasteiger partial charge >= 0.3 is 0 Å². The molecule has 0 aliphatic rings. The van der Waals surface area contributed by atoms with E-state index in [1.165, 1.54) is 42.6 Å². The van der Waals surface area contributed by atoms with Crippen molar-refractivity contribution >= 4 is 49.4 Å². The number of carbonyl (C=O) groups is 1. The number of rotatable bonds is 9. The topological polar surface area (TPSA) is 127 Å². The Labute approximate surface area is 233 Å². The van der Waals surface area contributed by atoms with Gasteiger partial charge in [0.25, 0.3) is 21.6 Å². The summed E-state index contributed by atoms with van der Waals surface area (Å²) < 4.78 is 30.7. The van der Waals surface area contributed by atoms with Crippen molar-refractivity contribution in [3.05, 3.63) is 116 Å². The minimum absolute atomic E-state index is 0.0281. The van der Waals surface area contributed by atoms with Crippen LogP contribution >= 0.6 is 15.9 Å². The van der Waals surface area contributed by atoms with Crippen molar-refractivity contribution in [2.45, 2.75) is 18.7 Å². The van der Waals surface area contributed by atoms with Crippen LogP contribution in [-0.2, 0) is 14.8 Å². The number of hydrazone groups is 1. The zero-order valence-electron chi connectivity index (χ0n) is 21.0. The maximum absolute atomic E-state index is 13.4. The summed E-state index contributed by atoms with van der Waals surface area (Å²) in [5, 5.41) is 15.1. The number of hydrogen-bond donors (Lipinski definition) is 1. The lowest BCUT2D eigenvalue weighted by Gasteiger charge is -2.23. The number of benzene rings is 3. The van der Waals surface area contributed by atoms with Gasteiger partial charge in [-0.2, -0.15) is 5.10 Å². The summed E-state index contributed by atoms with van der Waals surface area (Å²) in [6, 6.07) is 22.3. The molecule has 0 radical (unpaired) electrons. The van der Waals surface area contributed by atoms with Crippen LogP contribution in [0.15, 0.2) is 99.4 Å². The van der Waals surface area contributed by atoms with Crippen LogP contribution in [0.1, 0.15) is 17.0 Å². The molecule has 3 aromatic carbocycles. The van der Waals surface area contributed by atoms with Gasteiger partial charge < -0.3 is 4.57 Å². The molecule has 4 rings (SSSR count). The molecule has 1 aromatic heterocycles. The van der Waals surface area contributed by atoms with Gasteiger partial charge in [0.05, 0.1) is 21.7 Å². The number of amides is 1. The molecule has 10 nitrogen and oxygen atoms in total. The largest absolute Gasteiger partial charge is 0.318 e. The summed E-state index contributed by atoms with van der Waals surface area (Å²) in [5.41, 5.74) is 5.90. The molecule has 200 valence electrons. The second-order valence-electron chi connectivity index (χ2n) is 8.53. The van der Waals surface area contributed by atoms with Crippen LogP contribution in [0, 0.1) is 24.0 Å². The fraction of sp³-hybridized carbons (Fsp3) is 0.111. The summed E-state index contributed by atoms with van der Waals surface area (Å²) in [4.78, 5) is 23.3. The number of nitro benzene ring substituents is 1. The molecule has 0 aliphatic heterocycles. The zero-order valence-corrected chi connectivity index (χ0v) is 23.4. The van der Waals surface area contributed by atoms with Crippen LogP contribution in [0.3, 0.4) is 0 Å². The predicted molar refractivity (Wildman–Crippen MR) is 153 cm³/mol. The summed E-state index contributed by atoms with van der Waals surface area (Å²) in [5.74, 6) is -0.690. The Kier molecular flexibility index (Phi) is 8.27. The highest BCUT2D eigenvalue weighted by Crippen LogP contribution is 2.26. The van der Waals surface area contributed by atoms with E-state index in [1.54, 1.807) is 18.2 Å². The molecule has 0 aliphatic carbocycles. The van der Waals surface area contributed by atoms with Gasteiger partial charge in [-0.1, -0.05) is 40.2 Å². The quantitative estimate of drug-likeness (QED) is 0.160. The monoisotopic (exact) mass is 609 g/mol. The number of hydrogen-bond acceptors (Lipinski definition) is 6. The summed E-state index contributed by atoms with van der Waals surface area (Å²) in [6.07, 6.45) is 1.50. The first kappa shape index (κ1) is 27.7. The van der Waals surface area contributed by atoms with Crippen molar-refractivity contribution < 1.29 is 18.1 Å². The van der Waals surface area contributed by atoms with Crippen molar-refractivity contribution in [3.63, 3.8) is 0 Å². The van der Waals surface area contributed by atoms with Crippen molar-refractivity contribution in [1.82, 2.24) is 9.99 Å². The van der Waals surface area contributed by atoms with E-state index in [0.29, 0.717) is 0 Å². The maximum atomic E-state index is 13.4. The van der Waals surface area contributed by atoms with Crippen molar-refractivity contribution in [2.75, 3.05) is 10.8 Å². The summed E-state index contributed by atoms with van der Waals surface area (Å²) in [6.45, 7) is 3.30. The van der Waals surface area contributed by atoms with E-state index in [1.807, 2.05) is 44.2 Å². The molecule has 1 amide bonds. The number of halogens is 1. The molecule has 1 N–H and O–H groups in total. The molecular formula is C27H24BrN5O5S. The normalized spacial score (nSPS) is 11.5. The van der Waals surface area contributed by atoms with Crippen LogP contribution in [0.4, 0.5) is 11.4 Å². The second kappa shape index (κ2) is 11.6. The number of nitrogens with one attached hydrogen (secondary N) is 1.